The van der Waals surface area contributed by atoms with Crippen molar-refractivity contribution in [3.63, 3.8) is 0 Å². The van der Waals surface area contributed by atoms with Gasteiger partial charge in [-0.25, -0.2) is 14.4 Å². The van der Waals surface area contributed by atoms with E-state index in [1.165, 1.54) is 17.8 Å². The van der Waals surface area contributed by atoms with Crippen LogP contribution in [-0.4, -0.2) is 37.6 Å². The third kappa shape index (κ3) is 9.22. The molecule has 0 aliphatic rings. The maximum absolute atomic E-state index is 9.86. The maximum Gasteiger partial charge on any atom is 0.333 e. The first kappa shape index (κ1) is 14.7. The van der Waals surface area contributed by atoms with E-state index in [-0.39, 0.29) is 19.8 Å². The molecule has 0 aromatic rings. The van der Waals surface area contributed by atoms with Crippen molar-refractivity contribution in [3.8, 4) is 0 Å². The largest absolute Gasteiger partial charge is 0.333 e. The molecule has 0 spiro atoms. The van der Waals surface area contributed by atoms with Gasteiger partial charge in [-0.3, -0.25) is 0 Å². The van der Waals surface area contributed by atoms with Crippen molar-refractivity contribution < 1.29 is 28.0 Å². The number of hydrogen-bond acceptors (Lipinski definition) is 6. The highest BCUT2D eigenvalue weighted by Crippen LogP contribution is 2.39. The molecule has 7 heteroatoms. The first-order valence-electron chi connectivity index (χ1n) is 4.12. The molecule has 0 saturated heterocycles. The minimum Gasteiger partial charge on any atom is -0.307 e. The molecular formula is C9H9O6P. The Hall–Kier alpha value is -1.34. The minimum atomic E-state index is -1.73. The van der Waals surface area contributed by atoms with Gasteiger partial charge >= 0.3 is 8.60 Å². The summed E-state index contributed by atoms with van der Waals surface area (Å²) < 4.78 is 14.9. The molecule has 0 bridgehead atoms. The van der Waals surface area contributed by atoms with Crippen LogP contribution in [0.1, 0.15) is 0 Å². The second-order valence-electron chi connectivity index (χ2n) is 2.08. The molecule has 0 aromatic carbocycles. The van der Waals surface area contributed by atoms with Gasteiger partial charge in [-0.05, 0) is 0 Å². The molecule has 6 nitrogen and oxygen atoms in total. The molecule has 0 unspecified atom stereocenters. The number of carbonyl (C=O) groups excluding carboxylic acids is 3. The standard InChI is InChI=1S/C9H9O6P/c10-4-1-7-13-16(14-8-2-5-11)15-9-3-6-12/h1-3H,7-9H2. The lowest BCUT2D eigenvalue weighted by Crippen LogP contribution is -1.96. The van der Waals surface area contributed by atoms with Crippen LogP contribution >= 0.6 is 8.60 Å². The molecule has 86 valence electrons. The first-order valence-corrected chi connectivity index (χ1v) is 5.21. The molecule has 0 aliphatic heterocycles. The normalized spacial score (nSPS) is 10.5. The molecule has 0 amide bonds. The summed E-state index contributed by atoms with van der Waals surface area (Å²) in [4.78, 5) is 29.6. The molecule has 0 atom stereocenters. The highest BCUT2D eigenvalue weighted by atomic mass is 31.2. The topological polar surface area (TPSA) is 78.9 Å². The van der Waals surface area contributed by atoms with Gasteiger partial charge in [-0.2, -0.15) is 0 Å². The average molecular weight is 244 g/mol. The van der Waals surface area contributed by atoms with Crippen LogP contribution in [0.3, 0.4) is 0 Å². The van der Waals surface area contributed by atoms with Crippen LogP contribution < -0.4 is 0 Å². The second kappa shape index (κ2) is 11.7. The third-order valence-corrected chi connectivity index (χ3v) is 2.12. The van der Waals surface area contributed by atoms with Crippen LogP contribution in [0.5, 0.6) is 0 Å². The fraction of sp³-hybridized carbons (Fsp3) is 0.333. The lowest BCUT2D eigenvalue weighted by atomic mass is 10.7. The van der Waals surface area contributed by atoms with E-state index in [1.54, 1.807) is 0 Å². The van der Waals surface area contributed by atoms with Gasteiger partial charge in [0.15, 0.2) is 0 Å². The number of hydrogen-bond donors (Lipinski definition) is 0. The van der Waals surface area contributed by atoms with Crippen molar-refractivity contribution in [2.45, 2.75) is 0 Å². The lowest BCUT2D eigenvalue weighted by Gasteiger charge is -2.12. The van der Waals surface area contributed by atoms with E-state index in [0.29, 0.717) is 0 Å². The summed E-state index contributed by atoms with van der Waals surface area (Å²) in [7, 11) is -1.73. The molecule has 0 aromatic heterocycles. The lowest BCUT2D eigenvalue weighted by molar-refractivity contribution is 0.195. The Labute approximate surface area is 93.2 Å². The summed E-state index contributed by atoms with van der Waals surface area (Å²) in [5, 5.41) is 0. The molecule has 0 aliphatic carbocycles. The summed E-state index contributed by atoms with van der Waals surface area (Å²) in [5.41, 5.74) is 0. The van der Waals surface area contributed by atoms with Gasteiger partial charge in [0.25, 0.3) is 0 Å². The maximum atomic E-state index is 9.86. The zero-order valence-electron chi connectivity index (χ0n) is 8.25. The fourth-order valence-electron chi connectivity index (χ4n) is 0.508. The Morgan fingerprint density at radius 2 is 1.06 bits per heavy atom. The van der Waals surface area contributed by atoms with E-state index < -0.39 is 8.60 Å². The minimum absolute atomic E-state index is 0.0230. The fourth-order valence-corrected chi connectivity index (χ4v) is 1.32. The first-order chi connectivity index (χ1) is 7.85. The summed E-state index contributed by atoms with van der Waals surface area (Å²) in [6.45, 7) is -0.0690. The van der Waals surface area contributed by atoms with Crippen molar-refractivity contribution in [3.05, 3.63) is 18.2 Å². The molecule has 0 radical (unpaired) electrons. The van der Waals surface area contributed by atoms with E-state index in [2.05, 4.69) is 0 Å². The monoisotopic (exact) mass is 244 g/mol. The van der Waals surface area contributed by atoms with Crippen molar-refractivity contribution in [1.82, 2.24) is 0 Å². The van der Waals surface area contributed by atoms with E-state index in [9.17, 15) is 14.4 Å². The average Bonchev–Trinajstić information content (AvgIpc) is 2.29. The zero-order valence-corrected chi connectivity index (χ0v) is 9.14. The van der Waals surface area contributed by atoms with Crippen molar-refractivity contribution in [1.29, 1.82) is 0 Å². The van der Waals surface area contributed by atoms with Crippen LogP contribution in [0, 0.1) is 0 Å². The molecule has 0 heterocycles. The molecular weight excluding hydrogens is 235 g/mol. The van der Waals surface area contributed by atoms with Gasteiger partial charge in [-0.15, -0.1) is 0 Å². The summed E-state index contributed by atoms with van der Waals surface area (Å²) in [6.07, 6.45) is 3.31. The molecule has 0 fully saturated rings. The highest BCUT2D eigenvalue weighted by molar-refractivity contribution is 7.41. The van der Waals surface area contributed by atoms with Gasteiger partial charge in [0, 0.05) is 18.2 Å². The van der Waals surface area contributed by atoms with Crippen molar-refractivity contribution in [2.24, 2.45) is 0 Å². The van der Waals surface area contributed by atoms with Crippen LogP contribution in [0.2, 0.25) is 0 Å². The van der Waals surface area contributed by atoms with Crippen LogP contribution in [0.15, 0.2) is 18.2 Å². The van der Waals surface area contributed by atoms with Gasteiger partial charge in [-0.1, -0.05) is 0 Å². The molecule has 0 saturated carbocycles. The highest BCUT2D eigenvalue weighted by Gasteiger charge is 2.10. The van der Waals surface area contributed by atoms with Gasteiger partial charge in [0.2, 0.25) is 0 Å². The Bertz CT molecular complexity index is 271. The Kier molecular flexibility index (Phi) is 10.8. The Balaban J connectivity index is 3.97. The quantitative estimate of drug-likeness (QED) is 0.432. The predicted octanol–water partition coefficient (Wildman–Crippen LogP) is 0.426. The van der Waals surface area contributed by atoms with E-state index in [1.807, 2.05) is 0 Å². The smallest absolute Gasteiger partial charge is 0.307 e. The summed E-state index contributed by atoms with van der Waals surface area (Å²) in [5.74, 6) is 4.55. The van der Waals surface area contributed by atoms with E-state index in [4.69, 9.17) is 13.6 Å². The number of rotatable bonds is 9. The van der Waals surface area contributed by atoms with Gasteiger partial charge < -0.3 is 13.6 Å². The molecule has 0 N–H and O–H groups in total. The zero-order chi connectivity index (χ0) is 12.1. The predicted molar refractivity (Wildman–Crippen MR) is 55.6 cm³/mol. The second-order valence-corrected chi connectivity index (χ2v) is 3.30. The van der Waals surface area contributed by atoms with Crippen LogP contribution in [-0.2, 0) is 28.0 Å². The molecule has 16 heavy (non-hydrogen) atoms. The van der Waals surface area contributed by atoms with Gasteiger partial charge in [0.1, 0.15) is 17.8 Å². The Morgan fingerprint density at radius 3 is 1.31 bits per heavy atom. The van der Waals surface area contributed by atoms with Crippen LogP contribution in [0.25, 0.3) is 0 Å². The van der Waals surface area contributed by atoms with Gasteiger partial charge in [0.05, 0.1) is 19.8 Å². The summed E-state index contributed by atoms with van der Waals surface area (Å²) >= 11 is 0. The Morgan fingerprint density at radius 1 is 0.750 bits per heavy atom. The van der Waals surface area contributed by atoms with Crippen molar-refractivity contribution >= 4 is 26.4 Å². The van der Waals surface area contributed by atoms with E-state index >= 15 is 0 Å². The SMILES string of the molecule is O=C=CCOP(OCC=C=O)OCC=C=O. The van der Waals surface area contributed by atoms with E-state index in [0.717, 1.165) is 18.2 Å². The van der Waals surface area contributed by atoms with Crippen molar-refractivity contribution in [2.75, 3.05) is 19.8 Å². The molecule has 0 rings (SSSR count). The summed E-state index contributed by atoms with van der Waals surface area (Å²) in [6, 6.07) is 0. The van der Waals surface area contributed by atoms with Crippen LogP contribution in [0.4, 0.5) is 0 Å². The third-order valence-electron chi connectivity index (χ3n) is 1.04.